The van der Waals surface area contributed by atoms with Gasteiger partial charge in [0.15, 0.2) is 11.3 Å². The molecule has 3 aromatic heterocycles. The highest BCUT2D eigenvalue weighted by atomic mass is 35.5. The van der Waals surface area contributed by atoms with Crippen LogP contribution in [0.15, 0.2) is 30.6 Å². The molecule has 6 rings (SSSR count). The molecule has 1 saturated heterocycles. The highest BCUT2D eigenvalue weighted by Crippen LogP contribution is 2.30. The van der Waals surface area contributed by atoms with E-state index in [1.54, 1.807) is 16.6 Å². The van der Waals surface area contributed by atoms with Crippen LogP contribution >= 0.6 is 11.6 Å². The third-order valence-corrected chi connectivity index (χ3v) is 7.87. The Labute approximate surface area is 231 Å². The van der Waals surface area contributed by atoms with Crippen molar-refractivity contribution >= 4 is 46.3 Å². The van der Waals surface area contributed by atoms with Gasteiger partial charge in [-0.2, -0.15) is 0 Å². The zero-order chi connectivity index (χ0) is 26.8. The van der Waals surface area contributed by atoms with Crippen LogP contribution in [0.5, 0.6) is 0 Å². The van der Waals surface area contributed by atoms with Crippen LogP contribution in [0.2, 0.25) is 5.15 Å². The lowest BCUT2D eigenvalue weighted by Crippen LogP contribution is -2.42. The Morgan fingerprint density at radius 3 is 2.51 bits per heavy atom. The summed E-state index contributed by atoms with van der Waals surface area (Å²) in [6.45, 7) is 1.01. The van der Waals surface area contributed by atoms with Crippen LogP contribution in [0, 0.1) is 0 Å². The molecule has 12 heteroatoms. The highest BCUT2D eigenvalue weighted by molar-refractivity contribution is 6.29. The van der Waals surface area contributed by atoms with Crippen molar-refractivity contribution in [2.45, 2.75) is 82.0 Å². The minimum absolute atomic E-state index is 0.147. The lowest BCUT2D eigenvalue weighted by Gasteiger charge is -2.30. The fourth-order valence-electron chi connectivity index (χ4n) is 5.46. The SMILES string of the molecule is O=C(C[C@@H]1CCCN1)NC1CCC(Nc2cc(NC3CC3)c3ncc(C(=O)Nc4ccnc(Cl)c4)n3n2)CC1. The van der Waals surface area contributed by atoms with E-state index >= 15 is 0 Å². The third kappa shape index (κ3) is 6.42. The molecule has 206 valence electrons. The summed E-state index contributed by atoms with van der Waals surface area (Å²) < 4.78 is 1.59. The van der Waals surface area contributed by atoms with E-state index in [1.807, 2.05) is 6.07 Å². The number of carbonyl (C=O) groups is 2. The highest BCUT2D eigenvalue weighted by Gasteiger charge is 2.27. The Balaban J connectivity index is 1.13. The van der Waals surface area contributed by atoms with Crippen LogP contribution in [0.4, 0.5) is 17.2 Å². The van der Waals surface area contributed by atoms with Gasteiger partial charge < -0.3 is 26.6 Å². The minimum Gasteiger partial charge on any atom is -0.379 e. The number of pyridine rings is 1. The zero-order valence-corrected chi connectivity index (χ0v) is 22.5. The van der Waals surface area contributed by atoms with E-state index < -0.39 is 0 Å². The Morgan fingerprint density at radius 1 is 1.00 bits per heavy atom. The lowest BCUT2D eigenvalue weighted by molar-refractivity contribution is -0.122. The van der Waals surface area contributed by atoms with Crippen molar-refractivity contribution in [2.24, 2.45) is 0 Å². The van der Waals surface area contributed by atoms with Gasteiger partial charge in [-0.1, -0.05) is 11.6 Å². The summed E-state index contributed by atoms with van der Waals surface area (Å²) in [4.78, 5) is 34.0. The summed E-state index contributed by atoms with van der Waals surface area (Å²) in [5.41, 5.74) is 2.32. The van der Waals surface area contributed by atoms with Gasteiger partial charge in [-0.25, -0.2) is 14.5 Å². The Hall–Kier alpha value is -3.44. The second kappa shape index (κ2) is 11.4. The van der Waals surface area contributed by atoms with E-state index in [9.17, 15) is 9.59 Å². The van der Waals surface area contributed by atoms with Crippen molar-refractivity contribution in [1.29, 1.82) is 0 Å². The number of halogens is 1. The summed E-state index contributed by atoms with van der Waals surface area (Å²) in [6.07, 6.45) is 11.8. The summed E-state index contributed by atoms with van der Waals surface area (Å²) in [7, 11) is 0. The number of aromatic nitrogens is 4. The fourth-order valence-corrected chi connectivity index (χ4v) is 5.63. The first kappa shape index (κ1) is 25.8. The molecule has 39 heavy (non-hydrogen) atoms. The maximum atomic E-state index is 13.1. The monoisotopic (exact) mass is 551 g/mol. The zero-order valence-electron chi connectivity index (χ0n) is 21.8. The summed E-state index contributed by atoms with van der Waals surface area (Å²) in [6, 6.07) is 6.42. The number of hydrogen-bond donors (Lipinski definition) is 5. The normalized spacial score (nSPS) is 22.9. The van der Waals surface area contributed by atoms with Crippen molar-refractivity contribution in [3.8, 4) is 0 Å². The van der Waals surface area contributed by atoms with Crippen molar-refractivity contribution in [1.82, 2.24) is 30.2 Å². The maximum Gasteiger partial charge on any atom is 0.276 e. The molecular formula is C27H34ClN9O2. The average molecular weight is 552 g/mol. The molecule has 3 fully saturated rings. The van der Waals surface area contributed by atoms with E-state index in [4.69, 9.17) is 16.7 Å². The Kier molecular flexibility index (Phi) is 7.51. The minimum atomic E-state index is -0.337. The van der Waals surface area contributed by atoms with E-state index in [2.05, 4.69) is 36.6 Å². The van der Waals surface area contributed by atoms with Gasteiger partial charge in [0, 0.05) is 48.5 Å². The molecular weight excluding hydrogens is 518 g/mol. The number of carbonyl (C=O) groups excluding carboxylic acids is 2. The molecule has 2 saturated carbocycles. The topological polar surface area (TPSA) is 137 Å². The van der Waals surface area contributed by atoms with Gasteiger partial charge in [0.1, 0.15) is 11.0 Å². The van der Waals surface area contributed by atoms with Gasteiger partial charge in [-0.05, 0) is 70.0 Å². The predicted octanol–water partition coefficient (Wildman–Crippen LogP) is 3.59. The van der Waals surface area contributed by atoms with Crippen LogP contribution in [-0.4, -0.2) is 62.1 Å². The van der Waals surface area contributed by atoms with Crippen LogP contribution in [0.1, 0.15) is 68.3 Å². The number of hydrogen-bond acceptors (Lipinski definition) is 8. The van der Waals surface area contributed by atoms with Gasteiger partial charge >= 0.3 is 0 Å². The lowest BCUT2D eigenvalue weighted by atomic mass is 9.91. The van der Waals surface area contributed by atoms with Gasteiger partial charge in [0.2, 0.25) is 5.91 Å². The van der Waals surface area contributed by atoms with E-state index in [0.717, 1.165) is 63.6 Å². The quantitative estimate of drug-likeness (QED) is 0.254. The van der Waals surface area contributed by atoms with Crippen molar-refractivity contribution < 1.29 is 9.59 Å². The first-order valence-corrected chi connectivity index (χ1v) is 14.3. The van der Waals surface area contributed by atoms with E-state index in [0.29, 0.717) is 46.5 Å². The number of amides is 2. The van der Waals surface area contributed by atoms with Crippen LogP contribution < -0.4 is 26.6 Å². The first-order valence-electron chi connectivity index (χ1n) is 13.9. The number of nitrogens with one attached hydrogen (secondary N) is 5. The molecule has 3 aliphatic rings. The van der Waals surface area contributed by atoms with Crippen molar-refractivity contribution in [3.63, 3.8) is 0 Å². The number of rotatable bonds is 9. The fraction of sp³-hybridized carbons (Fsp3) is 0.519. The van der Waals surface area contributed by atoms with Crippen LogP contribution in [0.25, 0.3) is 5.65 Å². The van der Waals surface area contributed by atoms with Crippen molar-refractivity contribution in [3.05, 3.63) is 41.4 Å². The summed E-state index contributed by atoms with van der Waals surface area (Å²) in [5, 5.41) is 21.6. The molecule has 0 radical (unpaired) electrons. The molecule has 3 aromatic rings. The smallest absolute Gasteiger partial charge is 0.276 e. The van der Waals surface area contributed by atoms with Gasteiger partial charge in [0.05, 0.1) is 11.9 Å². The molecule has 0 unspecified atom stereocenters. The second-order valence-corrected chi connectivity index (χ2v) is 11.2. The number of imidazole rings is 1. The number of anilines is 3. The second-order valence-electron chi connectivity index (χ2n) is 10.8. The molecule has 2 aliphatic carbocycles. The first-order chi connectivity index (χ1) is 19.0. The Bertz CT molecular complexity index is 1340. The van der Waals surface area contributed by atoms with E-state index in [-0.39, 0.29) is 23.9 Å². The Morgan fingerprint density at radius 2 is 1.77 bits per heavy atom. The summed E-state index contributed by atoms with van der Waals surface area (Å²) in [5.74, 6) is 0.494. The third-order valence-electron chi connectivity index (χ3n) is 7.66. The molecule has 1 aliphatic heterocycles. The van der Waals surface area contributed by atoms with E-state index in [1.165, 1.54) is 12.4 Å². The van der Waals surface area contributed by atoms with Crippen molar-refractivity contribution in [2.75, 3.05) is 22.5 Å². The molecule has 0 spiro atoms. The van der Waals surface area contributed by atoms with Crippen LogP contribution in [0.3, 0.4) is 0 Å². The number of fused-ring (bicyclic) bond motifs is 1. The molecule has 5 N–H and O–H groups in total. The predicted molar refractivity (Wildman–Crippen MR) is 150 cm³/mol. The largest absolute Gasteiger partial charge is 0.379 e. The standard InChI is InChI=1S/C27H34ClN9O2/c28-23-12-20(9-11-30-23)35-27(39)22-15-31-26-21(32-16-3-4-16)14-24(36-37(22)26)33-17-5-7-18(8-6-17)34-25(38)13-19-2-1-10-29-19/h9,11-12,14-19,29,32H,1-8,10,13H2,(H,33,36)(H,34,38)(H,30,35,39)/t17?,18?,19-/m0/s1. The molecule has 2 amide bonds. The average Bonchev–Trinajstić information content (AvgIpc) is 3.38. The molecule has 0 aromatic carbocycles. The molecule has 11 nitrogen and oxygen atoms in total. The maximum absolute atomic E-state index is 13.1. The number of nitrogens with zero attached hydrogens (tertiary/aromatic N) is 4. The molecule has 0 bridgehead atoms. The van der Waals surface area contributed by atoms with Gasteiger partial charge in [0.25, 0.3) is 5.91 Å². The summed E-state index contributed by atoms with van der Waals surface area (Å²) >= 11 is 5.97. The van der Waals surface area contributed by atoms with Crippen LogP contribution in [-0.2, 0) is 4.79 Å². The molecule has 4 heterocycles. The van der Waals surface area contributed by atoms with Gasteiger partial charge in [-0.15, -0.1) is 5.10 Å². The molecule has 1 atom stereocenters. The van der Waals surface area contributed by atoms with Gasteiger partial charge in [-0.3, -0.25) is 9.59 Å².